The first-order valence-electron chi connectivity index (χ1n) is 9.33. The maximum atomic E-state index is 6.13. The van der Waals surface area contributed by atoms with Crippen LogP contribution < -0.4 is 15.4 Å². The molecular formula is C21H33N5O. The number of aryl methyl sites for hydroxylation is 3. The smallest absolute Gasteiger partial charge is 0.191 e. The van der Waals surface area contributed by atoms with E-state index in [0.29, 0.717) is 13.1 Å². The number of aliphatic imine (C=N–C) groups is 1. The number of guanidine groups is 1. The lowest BCUT2D eigenvalue weighted by atomic mass is 10.1. The summed E-state index contributed by atoms with van der Waals surface area (Å²) in [4.78, 5) is 4.33. The second-order valence-corrected chi connectivity index (χ2v) is 7.88. The molecular weight excluding hydrogens is 338 g/mol. The van der Waals surface area contributed by atoms with Crippen LogP contribution in [-0.2, 0) is 20.1 Å². The minimum absolute atomic E-state index is 0.238. The van der Waals surface area contributed by atoms with Gasteiger partial charge in [-0.05, 0) is 53.2 Å². The number of benzene rings is 1. The van der Waals surface area contributed by atoms with Gasteiger partial charge in [0.05, 0.1) is 5.69 Å². The monoisotopic (exact) mass is 371 g/mol. The van der Waals surface area contributed by atoms with Crippen LogP contribution in [0.3, 0.4) is 0 Å². The van der Waals surface area contributed by atoms with Crippen molar-refractivity contribution in [2.24, 2.45) is 12.0 Å². The van der Waals surface area contributed by atoms with Gasteiger partial charge in [0.2, 0.25) is 0 Å². The zero-order valence-electron chi connectivity index (χ0n) is 17.9. The van der Waals surface area contributed by atoms with Gasteiger partial charge < -0.3 is 15.4 Å². The summed E-state index contributed by atoms with van der Waals surface area (Å²) in [6.07, 6.45) is 0. The summed E-state index contributed by atoms with van der Waals surface area (Å²) in [5.74, 6) is 1.66. The van der Waals surface area contributed by atoms with Crippen molar-refractivity contribution in [2.75, 3.05) is 7.05 Å². The summed E-state index contributed by atoms with van der Waals surface area (Å²) in [6, 6.07) is 6.29. The number of hydrogen-bond donors (Lipinski definition) is 2. The van der Waals surface area contributed by atoms with Gasteiger partial charge in [0, 0.05) is 44.0 Å². The molecule has 0 atom stereocenters. The average molecular weight is 372 g/mol. The third kappa shape index (κ3) is 5.74. The van der Waals surface area contributed by atoms with Gasteiger partial charge in [-0.15, -0.1) is 0 Å². The number of nitrogens with zero attached hydrogens (tertiary/aromatic N) is 3. The summed E-state index contributed by atoms with van der Waals surface area (Å²) < 4.78 is 8.04. The number of rotatable bonds is 5. The molecule has 148 valence electrons. The molecule has 0 unspecified atom stereocenters. The topological polar surface area (TPSA) is 63.5 Å². The van der Waals surface area contributed by atoms with Crippen molar-refractivity contribution in [3.8, 4) is 5.75 Å². The summed E-state index contributed by atoms with van der Waals surface area (Å²) in [5, 5.41) is 11.2. The highest BCUT2D eigenvalue weighted by Crippen LogP contribution is 2.24. The number of ether oxygens (including phenoxy) is 1. The Hall–Kier alpha value is -2.50. The maximum absolute atomic E-state index is 6.13. The van der Waals surface area contributed by atoms with Gasteiger partial charge >= 0.3 is 0 Å². The standard InChI is InChI=1S/C21H33N5O/c1-14-9-10-17(19(11-14)27-21(4,5)6)12-23-20(22-7)24-13-18-15(2)25-26(8)16(18)3/h9-11H,12-13H2,1-8H3,(H2,22,23,24). The molecule has 0 bridgehead atoms. The molecule has 1 aromatic carbocycles. The van der Waals surface area contributed by atoms with E-state index in [0.717, 1.165) is 28.7 Å². The highest BCUT2D eigenvalue weighted by Gasteiger charge is 2.15. The Morgan fingerprint density at radius 2 is 1.81 bits per heavy atom. The first-order chi connectivity index (χ1) is 12.6. The van der Waals surface area contributed by atoms with Gasteiger partial charge in [-0.3, -0.25) is 9.67 Å². The van der Waals surface area contributed by atoms with Crippen molar-refractivity contribution in [1.29, 1.82) is 0 Å². The number of hydrogen-bond acceptors (Lipinski definition) is 3. The van der Waals surface area contributed by atoms with Crippen LogP contribution in [0.4, 0.5) is 0 Å². The molecule has 0 radical (unpaired) electrons. The van der Waals surface area contributed by atoms with Crippen molar-refractivity contribution in [3.05, 3.63) is 46.3 Å². The number of nitrogens with one attached hydrogen (secondary N) is 2. The largest absolute Gasteiger partial charge is 0.488 e. The lowest BCUT2D eigenvalue weighted by Crippen LogP contribution is -2.36. The van der Waals surface area contributed by atoms with E-state index in [1.165, 1.54) is 11.1 Å². The van der Waals surface area contributed by atoms with Crippen LogP contribution in [0.1, 0.15) is 48.8 Å². The van der Waals surface area contributed by atoms with Crippen LogP contribution >= 0.6 is 0 Å². The maximum Gasteiger partial charge on any atom is 0.191 e. The highest BCUT2D eigenvalue weighted by molar-refractivity contribution is 5.79. The average Bonchev–Trinajstić information content (AvgIpc) is 2.80. The Morgan fingerprint density at radius 1 is 1.15 bits per heavy atom. The van der Waals surface area contributed by atoms with Crippen molar-refractivity contribution in [2.45, 2.75) is 60.2 Å². The first kappa shape index (κ1) is 20.8. The molecule has 2 rings (SSSR count). The molecule has 6 nitrogen and oxygen atoms in total. The van der Waals surface area contributed by atoms with Crippen molar-refractivity contribution < 1.29 is 4.74 Å². The van der Waals surface area contributed by atoms with Gasteiger partial charge in [-0.25, -0.2) is 0 Å². The van der Waals surface area contributed by atoms with E-state index in [-0.39, 0.29) is 5.60 Å². The first-order valence-corrected chi connectivity index (χ1v) is 9.33. The van der Waals surface area contributed by atoms with E-state index >= 15 is 0 Å². The quantitative estimate of drug-likeness (QED) is 0.625. The Labute approximate surface area is 163 Å². The Morgan fingerprint density at radius 3 is 2.37 bits per heavy atom. The summed E-state index contributed by atoms with van der Waals surface area (Å²) in [5.41, 5.74) is 5.45. The second kappa shape index (κ2) is 8.46. The van der Waals surface area contributed by atoms with Crippen LogP contribution in [0.15, 0.2) is 23.2 Å². The molecule has 0 saturated heterocycles. The van der Waals surface area contributed by atoms with Crippen molar-refractivity contribution in [3.63, 3.8) is 0 Å². The van der Waals surface area contributed by atoms with Gasteiger partial charge in [0.15, 0.2) is 5.96 Å². The molecule has 0 aliphatic heterocycles. The Bertz CT molecular complexity index is 815. The van der Waals surface area contributed by atoms with Crippen LogP contribution in [0.25, 0.3) is 0 Å². The van der Waals surface area contributed by atoms with Crippen LogP contribution in [0.2, 0.25) is 0 Å². The molecule has 0 amide bonds. The summed E-state index contributed by atoms with van der Waals surface area (Å²) in [7, 11) is 3.74. The van der Waals surface area contributed by atoms with Crippen molar-refractivity contribution in [1.82, 2.24) is 20.4 Å². The van der Waals surface area contributed by atoms with E-state index in [2.05, 4.69) is 73.5 Å². The van der Waals surface area contributed by atoms with E-state index in [1.807, 2.05) is 18.7 Å². The minimum Gasteiger partial charge on any atom is -0.488 e. The summed E-state index contributed by atoms with van der Waals surface area (Å²) >= 11 is 0. The number of aromatic nitrogens is 2. The molecule has 0 fully saturated rings. The lowest BCUT2D eigenvalue weighted by molar-refractivity contribution is 0.129. The van der Waals surface area contributed by atoms with Crippen LogP contribution in [0, 0.1) is 20.8 Å². The Kier molecular flexibility index (Phi) is 6.52. The zero-order valence-corrected chi connectivity index (χ0v) is 17.9. The van der Waals surface area contributed by atoms with Gasteiger partial charge in [0.25, 0.3) is 0 Å². The molecule has 0 aliphatic carbocycles. The molecule has 2 N–H and O–H groups in total. The van der Waals surface area contributed by atoms with Crippen LogP contribution in [0.5, 0.6) is 5.75 Å². The van der Waals surface area contributed by atoms with Crippen molar-refractivity contribution >= 4 is 5.96 Å². The summed E-state index contributed by atoms with van der Waals surface area (Å²) in [6.45, 7) is 13.7. The molecule has 1 heterocycles. The predicted molar refractivity (Wildman–Crippen MR) is 111 cm³/mol. The van der Waals surface area contributed by atoms with E-state index in [1.54, 1.807) is 7.05 Å². The van der Waals surface area contributed by atoms with Gasteiger partial charge in [0.1, 0.15) is 11.4 Å². The fourth-order valence-corrected chi connectivity index (χ4v) is 2.88. The predicted octanol–water partition coefficient (Wildman–Crippen LogP) is 3.39. The molecule has 0 saturated carbocycles. The van der Waals surface area contributed by atoms with E-state index in [4.69, 9.17) is 4.74 Å². The fraction of sp³-hybridized carbons (Fsp3) is 0.524. The lowest BCUT2D eigenvalue weighted by Gasteiger charge is -2.24. The fourth-order valence-electron chi connectivity index (χ4n) is 2.88. The SMILES string of the molecule is CN=C(NCc1ccc(C)cc1OC(C)(C)C)NCc1c(C)nn(C)c1C. The Balaban J connectivity index is 2.04. The molecule has 6 heteroatoms. The molecule has 27 heavy (non-hydrogen) atoms. The highest BCUT2D eigenvalue weighted by atomic mass is 16.5. The van der Waals surface area contributed by atoms with E-state index in [9.17, 15) is 0 Å². The molecule has 0 spiro atoms. The molecule has 2 aromatic rings. The second-order valence-electron chi connectivity index (χ2n) is 7.88. The van der Waals surface area contributed by atoms with Gasteiger partial charge in [-0.1, -0.05) is 12.1 Å². The normalized spacial score (nSPS) is 12.2. The molecule has 0 aliphatic rings. The van der Waals surface area contributed by atoms with Crippen LogP contribution in [-0.4, -0.2) is 28.4 Å². The molecule has 1 aromatic heterocycles. The van der Waals surface area contributed by atoms with Gasteiger partial charge in [-0.2, -0.15) is 5.10 Å². The third-order valence-electron chi connectivity index (χ3n) is 4.40. The minimum atomic E-state index is -0.238. The zero-order chi connectivity index (χ0) is 20.2. The third-order valence-corrected chi connectivity index (χ3v) is 4.40. The van der Waals surface area contributed by atoms with E-state index < -0.39 is 0 Å².